The lowest BCUT2D eigenvalue weighted by Crippen LogP contribution is -2.64. The van der Waals surface area contributed by atoms with Gasteiger partial charge < -0.3 is 19.1 Å². The van der Waals surface area contributed by atoms with Crippen molar-refractivity contribution in [1.82, 2.24) is 9.80 Å². The second kappa shape index (κ2) is 8.17. The highest BCUT2D eigenvalue weighted by Gasteiger charge is 2.52. The lowest BCUT2D eigenvalue weighted by Gasteiger charge is -2.50. The molecule has 1 aromatic rings. The molecule has 1 atom stereocenters. The van der Waals surface area contributed by atoms with Gasteiger partial charge in [-0.3, -0.25) is 9.69 Å². The molecule has 3 heterocycles. The summed E-state index contributed by atoms with van der Waals surface area (Å²) in [6.07, 6.45) is 3.26. The monoisotopic (exact) mass is 374 g/mol. The fourth-order valence-corrected chi connectivity index (χ4v) is 4.57. The number of carbonyl (C=O) groups excluding carboxylic acids is 1. The van der Waals surface area contributed by atoms with Crippen LogP contribution in [0.15, 0.2) is 24.3 Å². The molecule has 0 radical (unpaired) electrons. The van der Waals surface area contributed by atoms with E-state index in [2.05, 4.69) is 17.0 Å². The summed E-state index contributed by atoms with van der Waals surface area (Å²) in [5.74, 6) is 1.41. The van der Waals surface area contributed by atoms with Gasteiger partial charge in [-0.1, -0.05) is 12.1 Å². The van der Waals surface area contributed by atoms with E-state index >= 15 is 0 Å². The third-order valence-corrected chi connectivity index (χ3v) is 6.13. The minimum atomic E-state index is -0.0877. The molecule has 3 fully saturated rings. The number of benzene rings is 1. The van der Waals surface area contributed by atoms with Gasteiger partial charge in [0.25, 0.3) is 0 Å². The first kappa shape index (κ1) is 18.7. The average Bonchev–Trinajstić information content (AvgIpc) is 3.32. The molecule has 3 saturated heterocycles. The van der Waals surface area contributed by atoms with Crippen molar-refractivity contribution in [2.45, 2.75) is 31.4 Å². The number of carbonyl (C=O) groups is 1. The van der Waals surface area contributed by atoms with Crippen molar-refractivity contribution in [1.29, 1.82) is 0 Å². The highest BCUT2D eigenvalue weighted by Crippen LogP contribution is 2.40. The van der Waals surface area contributed by atoms with Crippen LogP contribution in [0.5, 0.6) is 5.75 Å². The Hall–Kier alpha value is -1.63. The van der Waals surface area contributed by atoms with Crippen LogP contribution in [-0.2, 0) is 20.8 Å². The molecule has 0 saturated carbocycles. The van der Waals surface area contributed by atoms with Gasteiger partial charge in [0.1, 0.15) is 12.4 Å². The predicted octanol–water partition coefficient (Wildman–Crippen LogP) is 1.93. The molecular weight excluding hydrogens is 344 g/mol. The van der Waals surface area contributed by atoms with E-state index in [0.29, 0.717) is 12.5 Å². The Morgan fingerprint density at radius 1 is 1.30 bits per heavy atom. The molecule has 6 heteroatoms. The SMILES string of the molecule is COc1cccc(CN2CC3(C2)OCCC3COCC(=O)N2CCCC2)c1. The summed E-state index contributed by atoms with van der Waals surface area (Å²) in [6.45, 7) is 6.16. The van der Waals surface area contributed by atoms with Crippen molar-refractivity contribution in [3.8, 4) is 5.75 Å². The maximum absolute atomic E-state index is 12.1. The van der Waals surface area contributed by atoms with E-state index in [9.17, 15) is 4.79 Å². The second-order valence-electron chi connectivity index (χ2n) is 8.00. The summed E-state index contributed by atoms with van der Waals surface area (Å²) in [6, 6.07) is 8.22. The number of hydrogen-bond acceptors (Lipinski definition) is 5. The van der Waals surface area contributed by atoms with Crippen LogP contribution < -0.4 is 4.74 Å². The zero-order valence-corrected chi connectivity index (χ0v) is 16.2. The molecule has 1 spiro atoms. The number of methoxy groups -OCH3 is 1. The Kier molecular flexibility index (Phi) is 5.66. The molecule has 0 N–H and O–H groups in total. The van der Waals surface area contributed by atoms with Crippen LogP contribution in [-0.4, -0.2) is 74.4 Å². The van der Waals surface area contributed by atoms with E-state index in [4.69, 9.17) is 14.2 Å². The Balaban J connectivity index is 1.23. The van der Waals surface area contributed by atoms with E-state index in [1.54, 1.807) is 7.11 Å². The summed E-state index contributed by atoms with van der Waals surface area (Å²) in [4.78, 5) is 16.4. The Morgan fingerprint density at radius 3 is 2.89 bits per heavy atom. The van der Waals surface area contributed by atoms with Gasteiger partial charge in [0.15, 0.2) is 0 Å². The maximum atomic E-state index is 12.1. The number of nitrogens with zero attached hydrogens (tertiary/aromatic N) is 2. The number of rotatable bonds is 7. The standard InChI is InChI=1S/C21H30N2O4/c1-25-19-6-4-5-17(11-19)12-22-15-21(16-22)18(7-10-27-21)13-26-14-20(24)23-8-2-3-9-23/h4-6,11,18H,2-3,7-10,12-16H2,1H3. The summed E-state index contributed by atoms with van der Waals surface area (Å²) in [5, 5.41) is 0. The molecule has 0 bridgehead atoms. The van der Waals surface area contributed by atoms with Crippen molar-refractivity contribution in [2.75, 3.05) is 53.1 Å². The number of hydrogen-bond donors (Lipinski definition) is 0. The average molecular weight is 374 g/mol. The van der Waals surface area contributed by atoms with Gasteiger partial charge in [0.05, 0.1) is 19.3 Å². The van der Waals surface area contributed by atoms with E-state index in [-0.39, 0.29) is 18.1 Å². The van der Waals surface area contributed by atoms with Gasteiger partial charge in [-0.2, -0.15) is 0 Å². The van der Waals surface area contributed by atoms with Gasteiger partial charge >= 0.3 is 0 Å². The van der Waals surface area contributed by atoms with Crippen molar-refractivity contribution in [3.05, 3.63) is 29.8 Å². The number of likely N-dealkylation sites (tertiary alicyclic amines) is 2. The molecule has 27 heavy (non-hydrogen) atoms. The van der Waals surface area contributed by atoms with Crippen molar-refractivity contribution >= 4 is 5.91 Å². The maximum Gasteiger partial charge on any atom is 0.248 e. The summed E-state index contributed by atoms with van der Waals surface area (Å²) in [7, 11) is 1.70. The predicted molar refractivity (Wildman–Crippen MR) is 102 cm³/mol. The zero-order chi connectivity index (χ0) is 18.7. The molecule has 0 aliphatic carbocycles. The summed E-state index contributed by atoms with van der Waals surface area (Å²) in [5.41, 5.74) is 1.17. The first-order chi connectivity index (χ1) is 13.2. The molecule has 1 amide bonds. The summed E-state index contributed by atoms with van der Waals surface area (Å²) >= 11 is 0. The van der Waals surface area contributed by atoms with Crippen molar-refractivity contribution < 1.29 is 19.0 Å². The topological polar surface area (TPSA) is 51.2 Å². The molecular formula is C21H30N2O4. The quantitative estimate of drug-likeness (QED) is 0.730. The lowest BCUT2D eigenvalue weighted by atomic mass is 9.81. The molecule has 148 valence electrons. The number of amides is 1. The molecule has 0 aromatic heterocycles. The van der Waals surface area contributed by atoms with Gasteiger partial charge in [-0.15, -0.1) is 0 Å². The van der Waals surface area contributed by atoms with Gasteiger partial charge in [0, 0.05) is 45.2 Å². The van der Waals surface area contributed by atoms with E-state index in [1.807, 2.05) is 17.0 Å². The summed E-state index contributed by atoms with van der Waals surface area (Å²) < 4.78 is 17.2. The van der Waals surface area contributed by atoms with Crippen molar-refractivity contribution in [3.63, 3.8) is 0 Å². The molecule has 1 aromatic carbocycles. The van der Waals surface area contributed by atoms with Crippen molar-refractivity contribution in [2.24, 2.45) is 5.92 Å². The fourth-order valence-electron chi connectivity index (χ4n) is 4.57. The van der Waals surface area contributed by atoms with Gasteiger partial charge in [0.2, 0.25) is 5.91 Å². The third kappa shape index (κ3) is 4.13. The van der Waals surface area contributed by atoms with E-state index in [1.165, 1.54) is 5.56 Å². The van der Waals surface area contributed by atoms with Crippen LogP contribution in [0, 0.1) is 5.92 Å². The zero-order valence-electron chi connectivity index (χ0n) is 16.2. The fraction of sp³-hybridized carbons (Fsp3) is 0.667. The molecule has 3 aliphatic rings. The molecule has 4 rings (SSSR count). The largest absolute Gasteiger partial charge is 0.497 e. The molecule has 1 unspecified atom stereocenters. The van der Waals surface area contributed by atoms with Gasteiger partial charge in [-0.05, 0) is 37.0 Å². The highest BCUT2D eigenvalue weighted by molar-refractivity contribution is 5.77. The van der Waals surface area contributed by atoms with Crippen LogP contribution in [0.4, 0.5) is 0 Å². The Labute approximate surface area is 161 Å². The van der Waals surface area contributed by atoms with Crippen LogP contribution in [0.3, 0.4) is 0 Å². The Bertz CT molecular complexity index is 653. The first-order valence-electron chi connectivity index (χ1n) is 10.0. The first-order valence-corrected chi connectivity index (χ1v) is 10.0. The van der Waals surface area contributed by atoms with E-state index < -0.39 is 0 Å². The normalized spacial score (nSPS) is 24.3. The number of ether oxygens (including phenoxy) is 3. The molecule has 3 aliphatic heterocycles. The minimum Gasteiger partial charge on any atom is -0.497 e. The second-order valence-corrected chi connectivity index (χ2v) is 8.00. The molecule has 6 nitrogen and oxygen atoms in total. The Morgan fingerprint density at radius 2 is 2.11 bits per heavy atom. The van der Waals surface area contributed by atoms with Crippen LogP contribution in [0.2, 0.25) is 0 Å². The third-order valence-electron chi connectivity index (χ3n) is 6.13. The van der Waals surface area contributed by atoms with E-state index in [0.717, 1.165) is 64.3 Å². The van der Waals surface area contributed by atoms with Crippen LogP contribution in [0.25, 0.3) is 0 Å². The van der Waals surface area contributed by atoms with Crippen LogP contribution in [0.1, 0.15) is 24.8 Å². The van der Waals surface area contributed by atoms with Crippen LogP contribution >= 0.6 is 0 Å². The minimum absolute atomic E-state index is 0.0877. The lowest BCUT2D eigenvalue weighted by molar-refractivity contribution is -0.151. The van der Waals surface area contributed by atoms with Gasteiger partial charge in [-0.25, -0.2) is 0 Å². The smallest absolute Gasteiger partial charge is 0.248 e. The highest BCUT2D eigenvalue weighted by atomic mass is 16.5.